The van der Waals surface area contributed by atoms with E-state index in [4.69, 9.17) is 11.6 Å². The molecule has 3 heteroatoms. The Morgan fingerprint density at radius 1 is 1.26 bits per heavy atom. The Kier molecular flexibility index (Phi) is 4.50. The van der Waals surface area contributed by atoms with Gasteiger partial charge in [-0.05, 0) is 48.3 Å². The molecular formula is C16H21ClF2. The molecule has 1 fully saturated rings. The highest BCUT2D eigenvalue weighted by atomic mass is 35.5. The highest BCUT2D eigenvalue weighted by molar-refractivity contribution is 6.21. The number of benzene rings is 1. The van der Waals surface area contributed by atoms with Crippen molar-refractivity contribution in [2.24, 2.45) is 11.3 Å². The van der Waals surface area contributed by atoms with Crippen LogP contribution in [0.5, 0.6) is 0 Å². The van der Waals surface area contributed by atoms with E-state index in [1.165, 1.54) is 31.4 Å². The summed E-state index contributed by atoms with van der Waals surface area (Å²) in [5.41, 5.74) is 1.02. The van der Waals surface area contributed by atoms with Crippen LogP contribution in [0.3, 0.4) is 0 Å². The molecule has 1 aromatic rings. The molecule has 1 saturated carbocycles. The van der Waals surface area contributed by atoms with Crippen LogP contribution in [0.1, 0.15) is 45.1 Å². The van der Waals surface area contributed by atoms with Gasteiger partial charge in [-0.1, -0.05) is 32.8 Å². The summed E-state index contributed by atoms with van der Waals surface area (Å²) >= 11 is 6.55. The zero-order chi connectivity index (χ0) is 14.0. The Morgan fingerprint density at radius 2 is 2.00 bits per heavy atom. The molecule has 2 rings (SSSR count). The highest BCUT2D eigenvalue weighted by Crippen LogP contribution is 2.44. The summed E-state index contributed by atoms with van der Waals surface area (Å²) in [5.74, 6) is -1.15. The molecule has 0 amide bonds. The maximum absolute atomic E-state index is 13.2. The Bertz CT molecular complexity index is 442. The summed E-state index contributed by atoms with van der Waals surface area (Å²) < 4.78 is 26.1. The van der Waals surface area contributed by atoms with Crippen molar-refractivity contribution in [3.63, 3.8) is 0 Å². The molecule has 19 heavy (non-hydrogen) atoms. The molecule has 0 aromatic heterocycles. The van der Waals surface area contributed by atoms with Crippen molar-refractivity contribution in [3.05, 3.63) is 35.4 Å². The fraction of sp³-hybridized carbons (Fsp3) is 0.625. The van der Waals surface area contributed by atoms with E-state index in [-0.39, 0.29) is 10.8 Å². The average Bonchev–Trinajstić information content (AvgIpc) is 2.33. The lowest BCUT2D eigenvalue weighted by Crippen LogP contribution is -2.35. The van der Waals surface area contributed by atoms with Gasteiger partial charge in [0.15, 0.2) is 11.6 Å². The summed E-state index contributed by atoms with van der Waals surface area (Å²) in [6.45, 7) is 4.52. The van der Waals surface area contributed by atoms with Gasteiger partial charge in [-0.15, -0.1) is 11.6 Å². The maximum Gasteiger partial charge on any atom is 0.159 e. The van der Waals surface area contributed by atoms with E-state index in [1.807, 2.05) is 0 Å². The SMILES string of the molecule is CC1(C)CCCCC1C(Cl)Cc1ccc(F)c(F)c1. The van der Waals surface area contributed by atoms with Gasteiger partial charge in [0, 0.05) is 5.38 Å². The second-order valence-corrected chi connectivity index (χ2v) is 6.87. The first-order valence-electron chi connectivity index (χ1n) is 6.98. The van der Waals surface area contributed by atoms with E-state index in [0.29, 0.717) is 12.3 Å². The number of halogens is 3. The average molecular weight is 287 g/mol. The number of hydrogen-bond donors (Lipinski definition) is 0. The molecule has 0 saturated heterocycles. The second-order valence-electron chi connectivity index (χ2n) is 6.31. The molecule has 0 nitrogen and oxygen atoms in total. The topological polar surface area (TPSA) is 0 Å². The van der Waals surface area contributed by atoms with Gasteiger partial charge in [-0.3, -0.25) is 0 Å². The van der Waals surface area contributed by atoms with Gasteiger partial charge >= 0.3 is 0 Å². The van der Waals surface area contributed by atoms with Gasteiger partial charge in [0.25, 0.3) is 0 Å². The molecule has 0 bridgehead atoms. The predicted molar refractivity (Wildman–Crippen MR) is 75.4 cm³/mol. The molecule has 1 aliphatic rings. The highest BCUT2D eigenvalue weighted by Gasteiger charge is 2.36. The standard InChI is InChI=1S/C16H21ClF2/c1-16(2)8-4-3-5-12(16)13(17)9-11-6-7-14(18)15(19)10-11/h6-7,10,12-13H,3-5,8-9H2,1-2H3. The van der Waals surface area contributed by atoms with Crippen LogP contribution in [0.4, 0.5) is 8.78 Å². The van der Waals surface area contributed by atoms with Crippen LogP contribution in [0.15, 0.2) is 18.2 Å². The third-order valence-corrected chi connectivity index (χ3v) is 4.90. The summed E-state index contributed by atoms with van der Waals surface area (Å²) in [6, 6.07) is 4.07. The molecule has 0 radical (unpaired) electrons. The van der Waals surface area contributed by atoms with Crippen molar-refractivity contribution in [2.75, 3.05) is 0 Å². The predicted octanol–water partition coefficient (Wildman–Crippen LogP) is 5.33. The fourth-order valence-corrected chi connectivity index (χ4v) is 3.87. The zero-order valence-electron chi connectivity index (χ0n) is 11.6. The maximum atomic E-state index is 13.2. The van der Waals surface area contributed by atoms with E-state index >= 15 is 0 Å². The van der Waals surface area contributed by atoms with Crippen molar-refractivity contribution in [1.82, 2.24) is 0 Å². The summed E-state index contributed by atoms with van der Waals surface area (Å²) in [5, 5.41) is -0.0137. The number of hydrogen-bond acceptors (Lipinski definition) is 0. The molecule has 0 N–H and O–H groups in total. The van der Waals surface area contributed by atoms with E-state index < -0.39 is 11.6 Å². The van der Waals surface area contributed by atoms with Crippen LogP contribution in [0.25, 0.3) is 0 Å². The van der Waals surface area contributed by atoms with Crippen LogP contribution in [0, 0.1) is 23.0 Å². The molecule has 0 aliphatic heterocycles. The van der Waals surface area contributed by atoms with Crippen molar-refractivity contribution < 1.29 is 8.78 Å². The van der Waals surface area contributed by atoms with Crippen LogP contribution in [0.2, 0.25) is 0 Å². The summed E-state index contributed by atoms with van der Waals surface area (Å²) in [4.78, 5) is 0. The Hall–Kier alpha value is -0.630. The summed E-state index contributed by atoms with van der Waals surface area (Å²) in [7, 11) is 0. The number of rotatable bonds is 3. The third kappa shape index (κ3) is 3.47. The van der Waals surface area contributed by atoms with Crippen LogP contribution < -0.4 is 0 Å². The Labute approximate surface area is 119 Å². The molecule has 106 valence electrons. The lowest BCUT2D eigenvalue weighted by Gasteiger charge is -2.41. The number of alkyl halides is 1. The van der Waals surface area contributed by atoms with E-state index in [2.05, 4.69) is 13.8 Å². The normalized spacial score (nSPS) is 24.2. The molecule has 1 aromatic carbocycles. The minimum absolute atomic E-state index is 0.0137. The van der Waals surface area contributed by atoms with Crippen molar-refractivity contribution in [2.45, 2.75) is 51.3 Å². The van der Waals surface area contributed by atoms with Crippen molar-refractivity contribution >= 4 is 11.6 Å². The first-order chi connectivity index (χ1) is 8.90. The van der Waals surface area contributed by atoms with Crippen LogP contribution in [-0.4, -0.2) is 5.38 Å². The molecule has 0 spiro atoms. The smallest absolute Gasteiger partial charge is 0.159 e. The molecule has 2 unspecified atom stereocenters. The minimum Gasteiger partial charge on any atom is -0.204 e. The molecule has 2 atom stereocenters. The lowest BCUT2D eigenvalue weighted by molar-refractivity contribution is 0.133. The Morgan fingerprint density at radius 3 is 2.63 bits per heavy atom. The molecular weight excluding hydrogens is 266 g/mol. The van der Waals surface area contributed by atoms with Gasteiger partial charge in [-0.2, -0.15) is 0 Å². The lowest BCUT2D eigenvalue weighted by atomic mass is 9.67. The van der Waals surface area contributed by atoms with Gasteiger partial charge in [0.2, 0.25) is 0 Å². The summed E-state index contributed by atoms with van der Waals surface area (Å²) in [6.07, 6.45) is 5.41. The zero-order valence-corrected chi connectivity index (χ0v) is 12.3. The molecule has 1 aliphatic carbocycles. The van der Waals surface area contributed by atoms with Gasteiger partial charge < -0.3 is 0 Å². The van der Waals surface area contributed by atoms with Gasteiger partial charge in [-0.25, -0.2) is 8.78 Å². The van der Waals surface area contributed by atoms with E-state index in [1.54, 1.807) is 6.07 Å². The Balaban J connectivity index is 2.07. The van der Waals surface area contributed by atoms with Crippen molar-refractivity contribution in [1.29, 1.82) is 0 Å². The third-order valence-electron chi connectivity index (χ3n) is 4.44. The van der Waals surface area contributed by atoms with Crippen LogP contribution in [-0.2, 0) is 6.42 Å². The minimum atomic E-state index is -0.798. The van der Waals surface area contributed by atoms with Crippen LogP contribution >= 0.6 is 11.6 Å². The van der Waals surface area contributed by atoms with Crippen molar-refractivity contribution in [3.8, 4) is 0 Å². The quantitative estimate of drug-likeness (QED) is 0.659. The second kappa shape index (κ2) is 5.78. The first-order valence-corrected chi connectivity index (χ1v) is 7.42. The van der Waals surface area contributed by atoms with Gasteiger partial charge in [0.05, 0.1) is 0 Å². The first kappa shape index (κ1) is 14.8. The fourth-order valence-electron chi connectivity index (χ4n) is 3.23. The monoisotopic (exact) mass is 286 g/mol. The van der Waals surface area contributed by atoms with E-state index in [9.17, 15) is 8.78 Å². The van der Waals surface area contributed by atoms with E-state index in [0.717, 1.165) is 12.0 Å². The largest absolute Gasteiger partial charge is 0.204 e. The van der Waals surface area contributed by atoms with Gasteiger partial charge in [0.1, 0.15) is 0 Å². The molecule has 0 heterocycles.